The summed E-state index contributed by atoms with van der Waals surface area (Å²) in [7, 11) is 0. The summed E-state index contributed by atoms with van der Waals surface area (Å²) >= 11 is 0. The first-order chi connectivity index (χ1) is 8.81. The fourth-order valence-electron chi connectivity index (χ4n) is 1.42. The summed E-state index contributed by atoms with van der Waals surface area (Å²) in [6.45, 7) is 5.97. The molecule has 1 aromatic rings. The molecule has 104 valence electrons. The predicted octanol–water partition coefficient (Wildman–Crippen LogP) is 1.03. The van der Waals surface area contributed by atoms with Crippen molar-refractivity contribution in [2.75, 3.05) is 18.4 Å². The molecular weight excluding hydrogens is 242 g/mol. The minimum Gasteiger partial charge on any atom is -0.369 e. The second-order valence-electron chi connectivity index (χ2n) is 5.27. The molecule has 5 nitrogen and oxygen atoms in total. The first-order valence-corrected chi connectivity index (χ1v) is 6.18. The van der Waals surface area contributed by atoms with Crippen molar-refractivity contribution in [3.05, 3.63) is 29.8 Å². The van der Waals surface area contributed by atoms with Crippen molar-refractivity contribution < 1.29 is 9.59 Å². The maximum Gasteiger partial charge on any atom is 0.238 e. The summed E-state index contributed by atoms with van der Waals surface area (Å²) in [6, 6.07) is 7.56. The average molecular weight is 263 g/mol. The Morgan fingerprint density at radius 1 is 1.21 bits per heavy atom. The van der Waals surface area contributed by atoms with Crippen molar-refractivity contribution in [1.29, 1.82) is 0 Å². The lowest BCUT2D eigenvalue weighted by Crippen LogP contribution is -2.42. The van der Waals surface area contributed by atoms with Crippen LogP contribution < -0.4 is 16.4 Å². The third-order valence-corrected chi connectivity index (χ3v) is 2.85. The minimum absolute atomic E-state index is 0.143. The molecule has 19 heavy (non-hydrogen) atoms. The van der Waals surface area contributed by atoms with Crippen LogP contribution in [0.25, 0.3) is 0 Å². The number of carbonyl (C=O) groups excluding carboxylic acids is 2. The van der Waals surface area contributed by atoms with E-state index in [4.69, 9.17) is 5.73 Å². The molecule has 0 unspecified atom stereocenters. The molecule has 0 fully saturated rings. The Morgan fingerprint density at radius 3 is 2.32 bits per heavy atom. The first-order valence-electron chi connectivity index (χ1n) is 6.18. The fourth-order valence-corrected chi connectivity index (χ4v) is 1.42. The van der Waals surface area contributed by atoms with E-state index in [1.54, 1.807) is 13.8 Å². The van der Waals surface area contributed by atoms with Gasteiger partial charge in [0.1, 0.15) is 0 Å². The molecule has 1 aromatic carbocycles. The Labute approximate surface area is 113 Å². The van der Waals surface area contributed by atoms with Gasteiger partial charge in [-0.1, -0.05) is 17.7 Å². The van der Waals surface area contributed by atoms with Crippen LogP contribution in [0.15, 0.2) is 24.3 Å². The Kier molecular flexibility index (Phi) is 5.06. The van der Waals surface area contributed by atoms with Crippen molar-refractivity contribution in [1.82, 2.24) is 5.32 Å². The zero-order valence-corrected chi connectivity index (χ0v) is 11.6. The smallest absolute Gasteiger partial charge is 0.238 e. The fraction of sp³-hybridized carbons (Fsp3) is 0.429. The molecule has 4 N–H and O–H groups in total. The van der Waals surface area contributed by atoms with Gasteiger partial charge in [-0.05, 0) is 32.9 Å². The average Bonchev–Trinajstić information content (AvgIpc) is 2.31. The molecule has 0 aliphatic rings. The number of aryl methyl sites for hydroxylation is 1. The SMILES string of the molecule is Cc1ccc(NC(=O)CNCC(C)(C)C(N)=O)cc1. The number of nitrogens with two attached hydrogens (primary N) is 1. The highest BCUT2D eigenvalue weighted by atomic mass is 16.2. The predicted molar refractivity (Wildman–Crippen MR) is 75.7 cm³/mol. The number of hydrogen-bond donors (Lipinski definition) is 3. The summed E-state index contributed by atoms with van der Waals surface area (Å²) in [4.78, 5) is 22.8. The van der Waals surface area contributed by atoms with Gasteiger partial charge < -0.3 is 16.4 Å². The third-order valence-electron chi connectivity index (χ3n) is 2.85. The lowest BCUT2D eigenvalue weighted by molar-refractivity contribution is -0.126. The lowest BCUT2D eigenvalue weighted by Gasteiger charge is -2.20. The van der Waals surface area contributed by atoms with Crippen molar-refractivity contribution in [3.8, 4) is 0 Å². The molecule has 5 heteroatoms. The molecule has 2 amide bonds. The number of nitrogens with one attached hydrogen (secondary N) is 2. The number of hydrogen-bond acceptors (Lipinski definition) is 3. The van der Waals surface area contributed by atoms with Crippen molar-refractivity contribution in [2.45, 2.75) is 20.8 Å². The standard InChI is InChI=1S/C14H21N3O2/c1-10-4-6-11(7-5-10)17-12(18)8-16-9-14(2,3)13(15)19/h4-7,16H,8-9H2,1-3H3,(H2,15,19)(H,17,18). The van der Waals surface area contributed by atoms with Crippen LogP contribution in [0.1, 0.15) is 19.4 Å². The maximum atomic E-state index is 11.7. The molecule has 0 radical (unpaired) electrons. The van der Waals surface area contributed by atoms with E-state index in [2.05, 4.69) is 10.6 Å². The van der Waals surface area contributed by atoms with Gasteiger partial charge in [0.15, 0.2) is 0 Å². The molecule has 1 rings (SSSR count). The number of amides is 2. The topological polar surface area (TPSA) is 84.2 Å². The first kappa shape index (κ1) is 15.2. The molecule has 0 heterocycles. The van der Waals surface area contributed by atoms with Gasteiger partial charge in [0, 0.05) is 12.2 Å². The molecule has 0 atom stereocenters. The highest BCUT2D eigenvalue weighted by Gasteiger charge is 2.24. The summed E-state index contributed by atoms with van der Waals surface area (Å²) in [5, 5.41) is 5.69. The normalized spacial score (nSPS) is 11.1. The zero-order valence-electron chi connectivity index (χ0n) is 11.6. The molecule has 0 saturated heterocycles. The Bertz CT molecular complexity index is 452. The van der Waals surface area contributed by atoms with Crippen LogP contribution in [0, 0.1) is 12.3 Å². The van der Waals surface area contributed by atoms with E-state index >= 15 is 0 Å². The van der Waals surface area contributed by atoms with Gasteiger partial charge in [-0.2, -0.15) is 0 Å². The van der Waals surface area contributed by atoms with E-state index in [1.807, 2.05) is 31.2 Å². The van der Waals surface area contributed by atoms with Crippen molar-refractivity contribution in [3.63, 3.8) is 0 Å². The van der Waals surface area contributed by atoms with Crippen LogP contribution in [0.3, 0.4) is 0 Å². The third kappa shape index (κ3) is 5.09. The molecule has 0 aliphatic carbocycles. The Hall–Kier alpha value is -1.88. The van der Waals surface area contributed by atoms with Gasteiger partial charge >= 0.3 is 0 Å². The van der Waals surface area contributed by atoms with Gasteiger partial charge in [0.05, 0.1) is 12.0 Å². The molecule has 0 bridgehead atoms. The van der Waals surface area contributed by atoms with Crippen LogP contribution in [-0.4, -0.2) is 24.9 Å². The van der Waals surface area contributed by atoms with Gasteiger partial charge in [-0.15, -0.1) is 0 Å². The van der Waals surface area contributed by atoms with E-state index in [-0.39, 0.29) is 18.4 Å². The molecule has 0 saturated carbocycles. The van der Waals surface area contributed by atoms with E-state index in [1.165, 1.54) is 0 Å². The van der Waals surface area contributed by atoms with E-state index in [0.717, 1.165) is 11.3 Å². The zero-order chi connectivity index (χ0) is 14.5. The maximum absolute atomic E-state index is 11.7. The van der Waals surface area contributed by atoms with Crippen molar-refractivity contribution >= 4 is 17.5 Å². The highest BCUT2D eigenvalue weighted by Crippen LogP contribution is 2.11. The second kappa shape index (κ2) is 6.33. The Morgan fingerprint density at radius 2 is 1.79 bits per heavy atom. The number of anilines is 1. The minimum atomic E-state index is -0.663. The number of primary amides is 1. The van der Waals surface area contributed by atoms with Gasteiger partial charge in [0.25, 0.3) is 0 Å². The number of benzene rings is 1. The van der Waals surface area contributed by atoms with Crippen LogP contribution >= 0.6 is 0 Å². The van der Waals surface area contributed by atoms with Gasteiger partial charge in [-0.3, -0.25) is 9.59 Å². The lowest BCUT2D eigenvalue weighted by atomic mass is 9.93. The molecular formula is C14H21N3O2. The Balaban J connectivity index is 2.36. The number of rotatable bonds is 6. The van der Waals surface area contributed by atoms with E-state index in [0.29, 0.717) is 6.54 Å². The van der Waals surface area contributed by atoms with Crippen molar-refractivity contribution in [2.24, 2.45) is 11.1 Å². The van der Waals surface area contributed by atoms with E-state index < -0.39 is 5.41 Å². The molecule has 0 aromatic heterocycles. The summed E-state index contributed by atoms with van der Waals surface area (Å²) in [6.07, 6.45) is 0. The van der Waals surface area contributed by atoms with Crippen LogP contribution in [0.5, 0.6) is 0 Å². The van der Waals surface area contributed by atoms with E-state index in [9.17, 15) is 9.59 Å². The number of carbonyl (C=O) groups is 2. The van der Waals surface area contributed by atoms with Gasteiger partial charge in [0.2, 0.25) is 11.8 Å². The van der Waals surface area contributed by atoms with Gasteiger partial charge in [-0.25, -0.2) is 0 Å². The summed E-state index contributed by atoms with van der Waals surface area (Å²) < 4.78 is 0. The quantitative estimate of drug-likeness (QED) is 0.717. The second-order valence-corrected chi connectivity index (χ2v) is 5.27. The summed E-state index contributed by atoms with van der Waals surface area (Å²) in [5.74, 6) is -0.539. The monoisotopic (exact) mass is 263 g/mol. The molecule has 0 spiro atoms. The highest BCUT2D eigenvalue weighted by molar-refractivity contribution is 5.92. The van der Waals surface area contributed by atoms with Crippen LogP contribution in [0.2, 0.25) is 0 Å². The molecule has 0 aliphatic heterocycles. The van der Waals surface area contributed by atoms with Crippen LogP contribution in [-0.2, 0) is 9.59 Å². The summed E-state index contributed by atoms with van der Waals surface area (Å²) in [5.41, 5.74) is 6.48. The van der Waals surface area contributed by atoms with Crippen LogP contribution in [0.4, 0.5) is 5.69 Å². The largest absolute Gasteiger partial charge is 0.369 e.